The van der Waals surface area contributed by atoms with Crippen LogP contribution in [0, 0.1) is 23.2 Å². The first-order chi connectivity index (χ1) is 15.0. The maximum Gasteiger partial charge on any atom is 0.366 e. The van der Waals surface area contributed by atoms with Crippen LogP contribution < -0.4 is 5.32 Å². The molecule has 4 rings (SSSR count). The van der Waals surface area contributed by atoms with Gasteiger partial charge in [0.05, 0.1) is 16.7 Å². The lowest BCUT2D eigenvalue weighted by molar-refractivity contribution is -0.130. The summed E-state index contributed by atoms with van der Waals surface area (Å²) in [5.74, 6) is -0.568. The predicted octanol–water partition coefficient (Wildman–Crippen LogP) is 6.78. The molecule has 0 saturated heterocycles. The summed E-state index contributed by atoms with van der Waals surface area (Å²) < 4.78 is 0.650. The predicted molar refractivity (Wildman–Crippen MR) is 130 cm³/mol. The van der Waals surface area contributed by atoms with Gasteiger partial charge in [0, 0.05) is 27.0 Å². The van der Waals surface area contributed by atoms with Crippen LogP contribution >= 0.6 is 27.5 Å². The van der Waals surface area contributed by atoms with E-state index in [1.165, 1.54) is 0 Å². The number of nitrogens with one attached hydrogen (secondary N) is 1. The number of hydrogen-bond acceptors (Lipinski definition) is 4. The minimum Gasteiger partial charge on any atom is -0.325 e. The van der Waals surface area contributed by atoms with E-state index in [9.17, 15) is 9.59 Å². The Morgan fingerprint density at radius 2 is 1.84 bits per heavy atom. The minimum atomic E-state index is -0.644. The number of rotatable bonds is 4. The van der Waals surface area contributed by atoms with Crippen LogP contribution in [-0.4, -0.2) is 17.6 Å². The standard InChI is InChI=1S/C25H26BrClN2O3/c1-15-9-10-16(27)13-19(15)28-22(31)25-12-11-24(4,23(25,2)3)20(14-25)29-32-21(30)17-7-5-6-8-18(17)26/h5-10,13H,11-12,14H2,1-4H3,(H,28,31)/b29-20-. The molecular weight excluding hydrogens is 492 g/mol. The van der Waals surface area contributed by atoms with Crippen molar-refractivity contribution in [3.05, 3.63) is 63.1 Å². The largest absolute Gasteiger partial charge is 0.366 e. The Kier molecular flexibility index (Phi) is 5.74. The topological polar surface area (TPSA) is 67.8 Å². The molecule has 2 aliphatic carbocycles. The number of nitrogens with zero attached hydrogens (tertiary/aromatic N) is 1. The highest BCUT2D eigenvalue weighted by Gasteiger charge is 2.71. The number of anilines is 1. The van der Waals surface area contributed by atoms with E-state index in [1.807, 2.05) is 19.1 Å². The number of aryl methyl sites for hydroxylation is 1. The molecule has 2 aromatic rings. The van der Waals surface area contributed by atoms with Gasteiger partial charge in [-0.2, -0.15) is 0 Å². The number of oxime groups is 1. The van der Waals surface area contributed by atoms with E-state index >= 15 is 0 Å². The number of hydrogen-bond donors (Lipinski definition) is 1. The van der Waals surface area contributed by atoms with Crippen molar-refractivity contribution in [2.45, 2.75) is 47.0 Å². The molecule has 2 fully saturated rings. The molecule has 0 aliphatic heterocycles. The van der Waals surface area contributed by atoms with Gasteiger partial charge in [-0.1, -0.05) is 55.7 Å². The fraction of sp³-hybridized carbons (Fsp3) is 0.400. The molecule has 2 aromatic carbocycles. The van der Waals surface area contributed by atoms with Gasteiger partial charge in [-0.05, 0) is 70.9 Å². The molecule has 0 aromatic heterocycles. The summed E-state index contributed by atoms with van der Waals surface area (Å²) in [5.41, 5.74) is 1.48. The molecule has 32 heavy (non-hydrogen) atoms. The Balaban J connectivity index is 1.62. The first kappa shape index (κ1) is 23.0. The lowest BCUT2D eigenvalue weighted by atomic mass is 9.64. The summed E-state index contributed by atoms with van der Waals surface area (Å²) >= 11 is 9.52. The normalized spacial score (nSPS) is 26.9. The zero-order valence-electron chi connectivity index (χ0n) is 18.6. The summed E-state index contributed by atoms with van der Waals surface area (Å²) in [5, 5.41) is 7.99. The van der Waals surface area contributed by atoms with Crippen LogP contribution in [0.5, 0.6) is 0 Å². The van der Waals surface area contributed by atoms with Crippen LogP contribution in [0.2, 0.25) is 5.02 Å². The zero-order valence-corrected chi connectivity index (χ0v) is 20.9. The highest BCUT2D eigenvalue weighted by Crippen LogP contribution is 2.71. The lowest BCUT2D eigenvalue weighted by Crippen LogP contribution is -2.43. The fourth-order valence-corrected chi connectivity index (χ4v) is 5.88. The Labute approximate surface area is 201 Å². The molecule has 2 unspecified atom stereocenters. The maximum absolute atomic E-state index is 13.6. The summed E-state index contributed by atoms with van der Waals surface area (Å²) in [4.78, 5) is 31.6. The van der Waals surface area contributed by atoms with E-state index in [4.69, 9.17) is 16.4 Å². The third-order valence-corrected chi connectivity index (χ3v) is 8.88. The molecule has 2 aliphatic rings. The molecule has 7 heteroatoms. The van der Waals surface area contributed by atoms with Gasteiger partial charge in [-0.25, -0.2) is 4.79 Å². The Hall–Kier alpha value is -2.18. The van der Waals surface area contributed by atoms with Gasteiger partial charge >= 0.3 is 5.97 Å². The molecule has 0 spiro atoms. The van der Waals surface area contributed by atoms with E-state index in [0.29, 0.717) is 27.2 Å². The van der Waals surface area contributed by atoms with Crippen LogP contribution in [0.3, 0.4) is 0 Å². The van der Waals surface area contributed by atoms with Crippen molar-refractivity contribution in [3.8, 4) is 0 Å². The number of carbonyl (C=O) groups is 2. The summed E-state index contributed by atoms with van der Waals surface area (Å²) in [7, 11) is 0. The summed E-state index contributed by atoms with van der Waals surface area (Å²) in [6, 6.07) is 12.5. The van der Waals surface area contributed by atoms with Gasteiger partial charge in [0.2, 0.25) is 5.91 Å². The van der Waals surface area contributed by atoms with E-state index in [-0.39, 0.29) is 16.7 Å². The zero-order chi connectivity index (χ0) is 23.3. The lowest BCUT2D eigenvalue weighted by Gasteiger charge is -2.39. The fourth-order valence-electron chi connectivity index (χ4n) is 5.27. The maximum atomic E-state index is 13.6. The molecule has 0 radical (unpaired) electrons. The summed E-state index contributed by atoms with van der Waals surface area (Å²) in [6.45, 7) is 8.28. The number of amides is 1. The first-order valence-corrected chi connectivity index (χ1v) is 11.8. The van der Waals surface area contributed by atoms with Crippen LogP contribution in [0.25, 0.3) is 0 Å². The molecule has 2 saturated carbocycles. The van der Waals surface area contributed by atoms with Crippen LogP contribution in [0.4, 0.5) is 5.69 Å². The minimum absolute atomic E-state index is 0.0427. The Morgan fingerprint density at radius 3 is 2.56 bits per heavy atom. The highest BCUT2D eigenvalue weighted by atomic mass is 79.9. The highest BCUT2D eigenvalue weighted by molar-refractivity contribution is 9.10. The van der Waals surface area contributed by atoms with Gasteiger partial charge in [-0.3, -0.25) is 4.79 Å². The monoisotopic (exact) mass is 516 g/mol. The van der Waals surface area contributed by atoms with Gasteiger partial charge in [-0.15, -0.1) is 0 Å². The molecule has 1 amide bonds. The van der Waals surface area contributed by atoms with Crippen molar-refractivity contribution in [3.63, 3.8) is 0 Å². The van der Waals surface area contributed by atoms with Crippen molar-refractivity contribution >= 4 is 50.8 Å². The van der Waals surface area contributed by atoms with E-state index in [2.05, 4.69) is 47.2 Å². The number of carbonyl (C=O) groups excluding carboxylic acids is 2. The van der Waals surface area contributed by atoms with Gasteiger partial charge in [0.15, 0.2) is 0 Å². The average molecular weight is 518 g/mol. The van der Waals surface area contributed by atoms with Crippen molar-refractivity contribution < 1.29 is 14.4 Å². The third-order valence-electron chi connectivity index (χ3n) is 7.95. The molecular formula is C25H26BrClN2O3. The molecule has 5 nitrogen and oxygen atoms in total. The van der Waals surface area contributed by atoms with Crippen molar-refractivity contribution in [1.29, 1.82) is 0 Å². The first-order valence-electron chi connectivity index (χ1n) is 10.6. The second-order valence-corrected chi connectivity index (χ2v) is 10.8. The summed E-state index contributed by atoms with van der Waals surface area (Å²) in [6.07, 6.45) is 2.00. The molecule has 0 heterocycles. The van der Waals surface area contributed by atoms with Crippen molar-refractivity contribution in [2.24, 2.45) is 21.4 Å². The van der Waals surface area contributed by atoms with Crippen LogP contribution in [-0.2, 0) is 9.63 Å². The third kappa shape index (κ3) is 3.39. The second kappa shape index (κ2) is 7.99. The van der Waals surface area contributed by atoms with Gasteiger partial charge in [0.25, 0.3) is 0 Å². The van der Waals surface area contributed by atoms with E-state index < -0.39 is 11.4 Å². The quantitative estimate of drug-likeness (QED) is 0.359. The number of fused-ring (bicyclic) bond motifs is 2. The van der Waals surface area contributed by atoms with E-state index in [0.717, 1.165) is 24.1 Å². The smallest absolute Gasteiger partial charge is 0.325 e. The Bertz CT molecular complexity index is 1150. The van der Waals surface area contributed by atoms with Crippen LogP contribution in [0.15, 0.2) is 52.1 Å². The van der Waals surface area contributed by atoms with Gasteiger partial charge in [0.1, 0.15) is 0 Å². The SMILES string of the molecule is Cc1ccc(Cl)cc1NC(=O)C12CCC(C)(/C(=N\OC(=O)c3ccccc3Br)C1)C2(C)C. The van der Waals surface area contributed by atoms with Crippen LogP contribution in [0.1, 0.15) is 56.0 Å². The van der Waals surface area contributed by atoms with Gasteiger partial charge < -0.3 is 10.2 Å². The molecule has 1 N–H and O–H groups in total. The van der Waals surface area contributed by atoms with E-state index in [1.54, 1.807) is 30.3 Å². The number of benzene rings is 2. The molecule has 2 atom stereocenters. The Morgan fingerprint density at radius 1 is 1.12 bits per heavy atom. The number of halogens is 2. The average Bonchev–Trinajstić information content (AvgIpc) is 3.05. The molecule has 168 valence electrons. The second-order valence-electron chi connectivity index (χ2n) is 9.53. The van der Waals surface area contributed by atoms with Crippen molar-refractivity contribution in [1.82, 2.24) is 0 Å². The van der Waals surface area contributed by atoms with Crippen molar-refractivity contribution in [2.75, 3.05) is 5.32 Å². The molecule has 2 bridgehead atoms.